The van der Waals surface area contributed by atoms with Gasteiger partial charge in [0.2, 0.25) is 0 Å². The van der Waals surface area contributed by atoms with Crippen molar-refractivity contribution >= 4 is 28.0 Å². The van der Waals surface area contributed by atoms with Crippen molar-refractivity contribution in [3.8, 4) is 0 Å². The maximum atomic E-state index is 12.2. The molecule has 0 spiro atoms. The fourth-order valence-electron chi connectivity index (χ4n) is 2.58. The van der Waals surface area contributed by atoms with Crippen molar-refractivity contribution in [2.75, 3.05) is 13.1 Å². The van der Waals surface area contributed by atoms with Gasteiger partial charge in [-0.2, -0.15) is 0 Å². The zero-order chi connectivity index (χ0) is 16.5. The second kappa shape index (κ2) is 6.28. The van der Waals surface area contributed by atoms with E-state index in [1.807, 2.05) is 24.3 Å². The number of carbonyl (C=O) groups excluding carboxylic acids is 1. The Morgan fingerprint density at radius 1 is 1.23 bits per heavy atom. The normalized spacial score (nSPS) is 21.7. The molecule has 1 amide bonds. The van der Waals surface area contributed by atoms with Gasteiger partial charge in [-0.25, -0.2) is 4.79 Å². The molecule has 0 radical (unpaired) electrons. The number of rotatable bonds is 2. The highest BCUT2D eigenvalue weighted by molar-refractivity contribution is 9.10. The van der Waals surface area contributed by atoms with E-state index < -0.39 is 23.6 Å². The van der Waals surface area contributed by atoms with Crippen LogP contribution in [0.5, 0.6) is 0 Å². The molecule has 1 saturated heterocycles. The number of amides is 1. The Bertz CT molecular complexity index is 565. The molecule has 6 heteroatoms. The molecule has 1 N–H and O–H groups in total. The average Bonchev–Trinajstić information content (AvgIpc) is 2.83. The quantitative estimate of drug-likeness (QED) is 0.866. The smallest absolute Gasteiger partial charge is 0.410 e. The van der Waals surface area contributed by atoms with Gasteiger partial charge in [0, 0.05) is 23.5 Å². The summed E-state index contributed by atoms with van der Waals surface area (Å²) in [6.45, 7) is 5.91. The van der Waals surface area contributed by atoms with Gasteiger partial charge in [-0.05, 0) is 38.5 Å². The van der Waals surface area contributed by atoms with E-state index in [4.69, 9.17) is 4.74 Å². The van der Waals surface area contributed by atoms with Gasteiger partial charge in [-0.1, -0.05) is 28.1 Å². The van der Waals surface area contributed by atoms with Crippen LogP contribution in [-0.4, -0.2) is 40.8 Å². The van der Waals surface area contributed by atoms with Crippen molar-refractivity contribution < 1.29 is 19.4 Å². The Hall–Kier alpha value is -1.56. The summed E-state index contributed by atoms with van der Waals surface area (Å²) in [7, 11) is 0. The lowest BCUT2D eigenvalue weighted by Crippen LogP contribution is -2.35. The molecule has 1 aromatic rings. The second-order valence-electron chi connectivity index (χ2n) is 6.49. The first-order chi connectivity index (χ1) is 10.2. The van der Waals surface area contributed by atoms with Crippen molar-refractivity contribution in [3.05, 3.63) is 34.3 Å². The van der Waals surface area contributed by atoms with E-state index in [1.54, 1.807) is 20.8 Å². The van der Waals surface area contributed by atoms with Crippen LogP contribution in [0.25, 0.3) is 0 Å². The molecule has 1 fully saturated rings. The lowest BCUT2D eigenvalue weighted by atomic mass is 9.89. The Labute approximate surface area is 138 Å². The predicted octanol–water partition coefficient (Wildman–Crippen LogP) is 3.48. The zero-order valence-electron chi connectivity index (χ0n) is 12.9. The highest BCUT2D eigenvalue weighted by atomic mass is 79.9. The topological polar surface area (TPSA) is 66.8 Å². The van der Waals surface area contributed by atoms with E-state index >= 15 is 0 Å². The number of halogens is 1. The predicted molar refractivity (Wildman–Crippen MR) is 85.8 cm³/mol. The van der Waals surface area contributed by atoms with Gasteiger partial charge in [-0.3, -0.25) is 4.79 Å². The molecule has 120 valence electrons. The van der Waals surface area contributed by atoms with Gasteiger partial charge in [0.05, 0.1) is 5.92 Å². The molecule has 0 unspecified atom stereocenters. The van der Waals surface area contributed by atoms with E-state index in [0.29, 0.717) is 6.54 Å². The molecule has 1 aliphatic heterocycles. The number of benzene rings is 1. The highest BCUT2D eigenvalue weighted by Gasteiger charge is 2.41. The minimum Gasteiger partial charge on any atom is -0.481 e. The first kappa shape index (κ1) is 16.8. The summed E-state index contributed by atoms with van der Waals surface area (Å²) in [5.41, 5.74) is 0.326. The van der Waals surface area contributed by atoms with E-state index in [2.05, 4.69) is 15.9 Å². The monoisotopic (exact) mass is 369 g/mol. The molecule has 0 aliphatic carbocycles. The van der Waals surface area contributed by atoms with Gasteiger partial charge >= 0.3 is 12.1 Å². The number of carboxylic acids is 1. The lowest BCUT2D eigenvalue weighted by molar-refractivity contribution is -0.141. The summed E-state index contributed by atoms with van der Waals surface area (Å²) < 4.78 is 6.27. The van der Waals surface area contributed by atoms with Gasteiger partial charge in [0.25, 0.3) is 0 Å². The minimum absolute atomic E-state index is 0.172. The number of nitrogens with zero attached hydrogens (tertiary/aromatic N) is 1. The molecule has 5 nitrogen and oxygen atoms in total. The summed E-state index contributed by atoms with van der Waals surface area (Å²) in [6, 6.07) is 7.54. The van der Waals surface area contributed by atoms with Crippen LogP contribution >= 0.6 is 15.9 Å². The average molecular weight is 370 g/mol. The third kappa shape index (κ3) is 4.00. The van der Waals surface area contributed by atoms with Gasteiger partial charge < -0.3 is 14.7 Å². The molecule has 1 heterocycles. The van der Waals surface area contributed by atoms with Crippen molar-refractivity contribution in [3.63, 3.8) is 0 Å². The third-order valence-corrected chi connectivity index (χ3v) is 4.12. The largest absolute Gasteiger partial charge is 0.481 e. The molecule has 2 rings (SSSR count). The highest BCUT2D eigenvalue weighted by Crippen LogP contribution is 2.34. The van der Waals surface area contributed by atoms with Crippen LogP contribution in [0.2, 0.25) is 0 Å². The van der Waals surface area contributed by atoms with Gasteiger partial charge in [0.15, 0.2) is 0 Å². The number of ether oxygens (including phenoxy) is 1. The summed E-state index contributed by atoms with van der Waals surface area (Å²) >= 11 is 3.37. The number of hydrogen-bond acceptors (Lipinski definition) is 3. The van der Waals surface area contributed by atoms with E-state index in [0.717, 1.165) is 10.0 Å². The number of likely N-dealkylation sites (tertiary alicyclic amines) is 1. The number of aliphatic carboxylic acids is 1. The number of carboxylic acid groups (broad SMARTS) is 1. The molecular weight excluding hydrogens is 350 g/mol. The van der Waals surface area contributed by atoms with Crippen molar-refractivity contribution in [1.29, 1.82) is 0 Å². The molecule has 1 aliphatic rings. The van der Waals surface area contributed by atoms with Crippen molar-refractivity contribution in [2.24, 2.45) is 5.92 Å². The Morgan fingerprint density at radius 2 is 1.82 bits per heavy atom. The summed E-state index contributed by atoms with van der Waals surface area (Å²) in [6.07, 6.45) is -0.460. The Kier molecular flexibility index (Phi) is 4.80. The van der Waals surface area contributed by atoms with Crippen LogP contribution in [0.1, 0.15) is 32.3 Å². The van der Waals surface area contributed by atoms with E-state index in [-0.39, 0.29) is 12.5 Å². The molecular formula is C16H20BrNO4. The van der Waals surface area contributed by atoms with Gasteiger partial charge in [-0.15, -0.1) is 0 Å². The fourth-order valence-corrected chi connectivity index (χ4v) is 2.84. The Balaban J connectivity index is 2.18. The first-order valence-corrected chi connectivity index (χ1v) is 7.93. The number of hydrogen-bond donors (Lipinski definition) is 1. The molecule has 2 atom stereocenters. The zero-order valence-corrected chi connectivity index (χ0v) is 14.5. The Morgan fingerprint density at radius 3 is 2.32 bits per heavy atom. The molecule has 1 aromatic carbocycles. The first-order valence-electron chi connectivity index (χ1n) is 7.13. The van der Waals surface area contributed by atoms with Crippen LogP contribution in [0.15, 0.2) is 28.7 Å². The van der Waals surface area contributed by atoms with Crippen LogP contribution in [0, 0.1) is 5.92 Å². The second-order valence-corrected chi connectivity index (χ2v) is 7.40. The molecule has 0 saturated carbocycles. The van der Waals surface area contributed by atoms with Crippen molar-refractivity contribution in [2.45, 2.75) is 32.3 Å². The molecule has 22 heavy (non-hydrogen) atoms. The van der Waals surface area contributed by atoms with Crippen LogP contribution in [-0.2, 0) is 9.53 Å². The lowest BCUT2D eigenvalue weighted by Gasteiger charge is -2.24. The van der Waals surface area contributed by atoms with Gasteiger partial charge in [0.1, 0.15) is 5.60 Å². The van der Waals surface area contributed by atoms with E-state index in [9.17, 15) is 14.7 Å². The fraction of sp³-hybridized carbons (Fsp3) is 0.500. The summed E-state index contributed by atoms with van der Waals surface area (Å²) in [5, 5.41) is 9.44. The van der Waals surface area contributed by atoms with E-state index in [1.165, 1.54) is 4.90 Å². The van der Waals surface area contributed by atoms with Crippen LogP contribution < -0.4 is 0 Å². The SMILES string of the molecule is CC(C)(C)OC(=O)N1C[C@@H](C(=O)O)[C@H](c2ccc(Br)cc2)C1. The maximum absolute atomic E-state index is 12.2. The van der Waals surface area contributed by atoms with Crippen LogP contribution in [0.4, 0.5) is 4.79 Å². The summed E-state index contributed by atoms with van der Waals surface area (Å²) in [5.74, 6) is -1.73. The molecule has 0 aromatic heterocycles. The number of carbonyl (C=O) groups is 2. The third-order valence-electron chi connectivity index (χ3n) is 3.59. The van der Waals surface area contributed by atoms with Crippen molar-refractivity contribution in [1.82, 2.24) is 4.90 Å². The summed E-state index contributed by atoms with van der Waals surface area (Å²) in [4.78, 5) is 25.2. The minimum atomic E-state index is -0.890. The standard InChI is InChI=1S/C16H20BrNO4/c1-16(2,3)22-15(21)18-8-12(13(9-18)14(19)20)10-4-6-11(17)7-5-10/h4-7,12-13H,8-9H2,1-3H3,(H,19,20)/t12-,13+/m0/s1. The maximum Gasteiger partial charge on any atom is 0.410 e. The molecule has 0 bridgehead atoms. The van der Waals surface area contributed by atoms with Crippen LogP contribution in [0.3, 0.4) is 0 Å².